The van der Waals surface area contributed by atoms with Gasteiger partial charge in [0.25, 0.3) is 10.0 Å². The van der Waals surface area contributed by atoms with E-state index in [1.165, 1.54) is 0 Å². The third-order valence-electron chi connectivity index (χ3n) is 2.63. The molecule has 0 amide bonds. The van der Waals surface area contributed by atoms with Gasteiger partial charge in [0.1, 0.15) is 4.90 Å². The Morgan fingerprint density at radius 3 is 2.65 bits per heavy atom. The van der Waals surface area contributed by atoms with Crippen molar-refractivity contribution in [3.63, 3.8) is 0 Å². The highest BCUT2D eigenvalue weighted by atomic mass is 35.5. The number of hydrogen-bond donors (Lipinski definition) is 2. The minimum absolute atomic E-state index is 0.0142. The molecule has 0 bridgehead atoms. The zero-order valence-electron chi connectivity index (χ0n) is 9.91. The largest absolute Gasteiger partial charge is 0.277 e. The number of aromatic nitrogens is 4. The molecule has 20 heavy (non-hydrogen) atoms. The number of anilines is 1. The molecular formula is C11H8ClN5O2S. The average Bonchev–Trinajstić information content (AvgIpc) is 2.88. The minimum Gasteiger partial charge on any atom is -0.277 e. The number of halogens is 1. The Hall–Kier alpha value is -2.19. The standard InChI is InChI=1S/C11H8ClN5O2S/c12-11-13-5-8(6-14-11)20(18,19)17-9-3-1-2-7-4-15-16-10(7)9/h1-6,17H,(H,15,16). The van der Waals surface area contributed by atoms with Crippen molar-refractivity contribution in [2.75, 3.05) is 4.72 Å². The number of fused-ring (bicyclic) bond motifs is 1. The summed E-state index contributed by atoms with van der Waals surface area (Å²) >= 11 is 5.53. The first-order valence-corrected chi connectivity index (χ1v) is 7.35. The van der Waals surface area contributed by atoms with Gasteiger partial charge in [-0.2, -0.15) is 5.10 Å². The zero-order valence-corrected chi connectivity index (χ0v) is 11.5. The fourth-order valence-electron chi connectivity index (χ4n) is 1.70. The van der Waals surface area contributed by atoms with Gasteiger partial charge in [-0.25, -0.2) is 18.4 Å². The van der Waals surface area contributed by atoms with Crippen LogP contribution in [-0.4, -0.2) is 28.6 Å². The van der Waals surface area contributed by atoms with Gasteiger partial charge in [-0.3, -0.25) is 9.82 Å². The van der Waals surface area contributed by atoms with Crippen molar-refractivity contribution in [1.82, 2.24) is 20.2 Å². The molecule has 1 aromatic carbocycles. The highest BCUT2D eigenvalue weighted by Gasteiger charge is 2.17. The Morgan fingerprint density at radius 2 is 1.90 bits per heavy atom. The Morgan fingerprint density at radius 1 is 1.15 bits per heavy atom. The lowest BCUT2D eigenvalue weighted by Gasteiger charge is -2.08. The van der Waals surface area contributed by atoms with Crippen molar-refractivity contribution in [3.05, 3.63) is 42.1 Å². The van der Waals surface area contributed by atoms with E-state index in [4.69, 9.17) is 11.6 Å². The molecule has 3 aromatic rings. The monoisotopic (exact) mass is 309 g/mol. The van der Waals surface area contributed by atoms with Gasteiger partial charge in [0.05, 0.1) is 29.8 Å². The van der Waals surface area contributed by atoms with Crippen LogP contribution in [-0.2, 0) is 10.0 Å². The van der Waals surface area contributed by atoms with Gasteiger partial charge in [0.15, 0.2) is 0 Å². The van der Waals surface area contributed by atoms with E-state index in [9.17, 15) is 8.42 Å². The van der Waals surface area contributed by atoms with Gasteiger partial charge in [-0.05, 0) is 17.7 Å². The third kappa shape index (κ3) is 2.30. The molecule has 0 aliphatic rings. The summed E-state index contributed by atoms with van der Waals surface area (Å²) in [5.41, 5.74) is 1.00. The number of aromatic amines is 1. The highest BCUT2D eigenvalue weighted by Crippen LogP contribution is 2.23. The Labute approximate surface area is 119 Å². The predicted octanol–water partition coefficient (Wildman–Crippen LogP) is 1.81. The quantitative estimate of drug-likeness (QED) is 0.719. The maximum Gasteiger partial charge on any atom is 0.265 e. The number of sulfonamides is 1. The van der Waals surface area contributed by atoms with Crippen LogP contribution in [0.4, 0.5) is 5.69 Å². The summed E-state index contributed by atoms with van der Waals surface area (Å²) in [7, 11) is -3.78. The van der Waals surface area contributed by atoms with Crippen molar-refractivity contribution in [2.24, 2.45) is 0 Å². The topological polar surface area (TPSA) is 101 Å². The number of rotatable bonds is 3. The van der Waals surface area contributed by atoms with E-state index >= 15 is 0 Å². The summed E-state index contributed by atoms with van der Waals surface area (Å²) < 4.78 is 26.9. The fraction of sp³-hybridized carbons (Fsp3) is 0. The van der Waals surface area contributed by atoms with Crippen molar-refractivity contribution in [3.8, 4) is 0 Å². The molecule has 0 radical (unpaired) electrons. The molecule has 7 nitrogen and oxygen atoms in total. The zero-order chi connectivity index (χ0) is 14.2. The molecule has 2 N–H and O–H groups in total. The molecule has 102 valence electrons. The van der Waals surface area contributed by atoms with E-state index in [0.717, 1.165) is 17.8 Å². The maximum atomic E-state index is 12.2. The molecule has 0 saturated carbocycles. The van der Waals surface area contributed by atoms with Gasteiger partial charge in [0.2, 0.25) is 5.28 Å². The van der Waals surface area contributed by atoms with Crippen LogP contribution >= 0.6 is 11.6 Å². The molecular weight excluding hydrogens is 302 g/mol. The number of hydrogen-bond acceptors (Lipinski definition) is 5. The van der Waals surface area contributed by atoms with E-state index in [2.05, 4.69) is 24.9 Å². The minimum atomic E-state index is -3.78. The van der Waals surface area contributed by atoms with Crippen LogP contribution in [0.5, 0.6) is 0 Å². The number of nitrogens with zero attached hydrogens (tertiary/aromatic N) is 3. The molecule has 0 unspecified atom stereocenters. The first-order chi connectivity index (χ1) is 9.56. The van der Waals surface area contributed by atoms with E-state index < -0.39 is 10.0 Å². The fourth-order valence-corrected chi connectivity index (χ4v) is 2.75. The highest BCUT2D eigenvalue weighted by molar-refractivity contribution is 7.92. The van der Waals surface area contributed by atoms with Crippen LogP contribution in [0.1, 0.15) is 0 Å². The van der Waals surface area contributed by atoms with Crippen molar-refractivity contribution in [2.45, 2.75) is 4.90 Å². The van der Waals surface area contributed by atoms with Crippen LogP contribution in [0.3, 0.4) is 0 Å². The van der Waals surface area contributed by atoms with E-state index in [-0.39, 0.29) is 10.2 Å². The van der Waals surface area contributed by atoms with Gasteiger partial charge in [0, 0.05) is 5.39 Å². The normalized spacial score (nSPS) is 11.7. The third-order valence-corrected chi connectivity index (χ3v) is 4.14. The summed E-state index contributed by atoms with van der Waals surface area (Å²) in [4.78, 5) is 7.24. The van der Waals surface area contributed by atoms with Crippen molar-refractivity contribution >= 4 is 38.2 Å². The maximum absolute atomic E-state index is 12.2. The Balaban J connectivity index is 2.01. The van der Waals surface area contributed by atoms with E-state index in [0.29, 0.717) is 11.2 Å². The van der Waals surface area contributed by atoms with Gasteiger partial charge >= 0.3 is 0 Å². The van der Waals surface area contributed by atoms with Crippen molar-refractivity contribution < 1.29 is 8.42 Å². The van der Waals surface area contributed by atoms with Crippen molar-refractivity contribution in [1.29, 1.82) is 0 Å². The van der Waals surface area contributed by atoms with E-state index in [1.54, 1.807) is 18.3 Å². The van der Waals surface area contributed by atoms with E-state index in [1.807, 2.05) is 6.07 Å². The molecule has 0 fully saturated rings. The van der Waals surface area contributed by atoms with Crippen LogP contribution in [0.15, 0.2) is 41.7 Å². The molecule has 2 aromatic heterocycles. The van der Waals surface area contributed by atoms with Crippen LogP contribution in [0.25, 0.3) is 10.9 Å². The lowest BCUT2D eigenvalue weighted by molar-refractivity contribution is 0.600. The molecule has 3 rings (SSSR count). The lowest BCUT2D eigenvalue weighted by atomic mass is 10.2. The van der Waals surface area contributed by atoms with Crippen LogP contribution < -0.4 is 4.72 Å². The molecule has 9 heteroatoms. The summed E-state index contributed by atoms with van der Waals surface area (Å²) in [5, 5.41) is 7.41. The SMILES string of the molecule is O=S(=O)(Nc1cccc2cn[nH]c12)c1cnc(Cl)nc1. The molecule has 0 saturated heterocycles. The molecule has 0 aliphatic carbocycles. The Kier molecular flexibility index (Phi) is 3.03. The molecule has 0 atom stereocenters. The second-order valence-corrected chi connectivity index (χ2v) is 5.95. The number of benzene rings is 1. The van der Waals surface area contributed by atoms with Crippen LogP contribution in [0.2, 0.25) is 5.28 Å². The summed E-state index contributed by atoms with van der Waals surface area (Å²) in [6.07, 6.45) is 3.90. The summed E-state index contributed by atoms with van der Waals surface area (Å²) in [6.45, 7) is 0. The van der Waals surface area contributed by atoms with Gasteiger partial charge < -0.3 is 0 Å². The number of H-pyrrole nitrogens is 1. The molecule has 0 spiro atoms. The molecule has 0 aliphatic heterocycles. The second-order valence-electron chi connectivity index (χ2n) is 3.93. The number of para-hydroxylation sites is 1. The predicted molar refractivity (Wildman–Crippen MR) is 73.9 cm³/mol. The number of nitrogens with one attached hydrogen (secondary N) is 2. The lowest BCUT2D eigenvalue weighted by Crippen LogP contribution is -2.13. The smallest absolute Gasteiger partial charge is 0.265 e. The summed E-state index contributed by atoms with van der Waals surface area (Å²) in [6, 6.07) is 5.19. The first-order valence-electron chi connectivity index (χ1n) is 5.49. The second kappa shape index (κ2) is 4.73. The summed E-state index contributed by atoms with van der Waals surface area (Å²) in [5.74, 6) is 0. The first kappa shape index (κ1) is 12.8. The Bertz CT molecular complexity index is 860. The van der Waals surface area contributed by atoms with Gasteiger partial charge in [-0.1, -0.05) is 12.1 Å². The van der Waals surface area contributed by atoms with Gasteiger partial charge in [-0.15, -0.1) is 0 Å². The molecule has 2 heterocycles. The van der Waals surface area contributed by atoms with Crippen LogP contribution in [0, 0.1) is 0 Å². The average molecular weight is 310 g/mol.